The fraction of sp³-hybridized carbons (Fsp3) is 1.00. The number of methoxy groups -OCH3 is 1. The Morgan fingerprint density at radius 2 is 1.93 bits per heavy atom. The molecule has 2 fully saturated rings. The first-order valence-electron chi connectivity index (χ1n) is 6.52. The van der Waals surface area contributed by atoms with E-state index in [-0.39, 0.29) is 5.60 Å². The van der Waals surface area contributed by atoms with Gasteiger partial charge in [-0.2, -0.15) is 0 Å². The Kier molecular flexibility index (Phi) is 3.68. The molecular weight excluding hydrogens is 186 g/mol. The summed E-state index contributed by atoms with van der Waals surface area (Å²) in [5.74, 6) is 0.905. The first-order chi connectivity index (χ1) is 7.29. The van der Waals surface area contributed by atoms with E-state index < -0.39 is 0 Å². The van der Waals surface area contributed by atoms with Gasteiger partial charge in [-0.25, -0.2) is 0 Å². The third kappa shape index (κ3) is 2.36. The molecule has 2 rings (SSSR count). The second kappa shape index (κ2) is 4.84. The van der Waals surface area contributed by atoms with Gasteiger partial charge in [-0.1, -0.05) is 12.8 Å². The zero-order chi connectivity index (χ0) is 10.7. The van der Waals surface area contributed by atoms with Gasteiger partial charge in [0.1, 0.15) is 0 Å². The van der Waals surface area contributed by atoms with Crippen LogP contribution in [0.2, 0.25) is 0 Å². The maximum absolute atomic E-state index is 5.73. The first kappa shape index (κ1) is 11.4. The van der Waals surface area contributed by atoms with Crippen LogP contribution >= 0.6 is 0 Å². The van der Waals surface area contributed by atoms with Crippen molar-refractivity contribution in [3.8, 4) is 0 Å². The quantitative estimate of drug-likeness (QED) is 0.755. The summed E-state index contributed by atoms with van der Waals surface area (Å²) < 4.78 is 5.73. The van der Waals surface area contributed by atoms with Crippen LogP contribution in [0.3, 0.4) is 0 Å². The Hall–Kier alpha value is -0.0800. The minimum absolute atomic E-state index is 0.232. The van der Waals surface area contributed by atoms with E-state index in [1.54, 1.807) is 0 Å². The lowest BCUT2D eigenvalue weighted by Gasteiger charge is -2.44. The molecule has 1 N–H and O–H groups in total. The predicted octanol–water partition coefficient (Wildman–Crippen LogP) is 2.72. The molecule has 2 aliphatic rings. The van der Waals surface area contributed by atoms with E-state index in [2.05, 4.69) is 12.4 Å². The van der Waals surface area contributed by atoms with E-state index in [0.717, 1.165) is 5.92 Å². The van der Waals surface area contributed by atoms with Crippen molar-refractivity contribution >= 4 is 0 Å². The molecular formula is C13H25NO. The Morgan fingerprint density at radius 3 is 2.33 bits per heavy atom. The molecule has 1 atom stereocenters. The van der Waals surface area contributed by atoms with Gasteiger partial charge in [0.05, 0.1) is 5.60 Å². The van der Waals surface area contributed by atoms with Crippen LogP contribution in [0.1, 0.15) is 51.4 Å². The summed E-state index contributed by atoms with van der Waals surface area (Å²) in [5.41, 5.74) is 0.232. The molecule has 88 valence electrons. The Morgan fingerprint density at radius 1 is 1.27 bits per heavy atom. The molecule has 0 aliphatic heterocycles. The highest BCUT2D eigenvalue weighted by atomic mass is 16.5. The molecule has 0 saturated heterocycles. The average molecular weight is 211 g/mol. The lowest BCUT2D eigenvalue weighted by atomic mass is 9.73. The van der Waals surface area contributed by atoms with E-state index in [9.17, 15) is 0 Å². The van der Waals surface area contributed by atoms with Gasteiger partial charge in [0.2, 0.25) is 0 Å². The molecule has 2 nitrogen and oxygen atoms in total. The molecule has 2 aliphatic carbocycles. The molecule has 15 heavy (non-hydrogen) atoms. The molecule has 2 saturated carbocycles. The van der Waals surface area contributed by atoms with Crippen LogP contribution in [0.5, 0.6) is 0 Å². The highest BCUT2D eigenvalue weighted by Gasteiger charge is 2.40. The summed E-state index contributed by atoms with van der Waals surface area (Å²) >= 11 is 0. The Balaban J connectivity index is 1.89. The van der Waals surface area contributed by atoms with Crippen molar-refractivity contribution in [2.45, 2.75) is 63.0 Å². The van der Waals surface area contributed by atoms with Crippen molar-refractivity contribution in [3.05, 3.63) is 0 Å². The van der Waals surface area contributed by atoms with Gasteiger partial charge in [0, 0.05) is 13.2 Å². The smallest absolute Gasteiger partial charge is 0.0693 e. The van der Waals surface area contributed by atoms with Crippen molar-refractivity contribution in [1.29, 1.82) is 0 Å². The van der Waals surface area contributed by atoms with E-state index in [1.807, 2.05) is 7.11 Å². The van der Waals surface area contributed by atoms with Crippen LogP contribution in [-0.2, 0) is 4.74 Å². The first-order valence-corrected chi connectivity index (χ1v) is 6.52. The summed E-state index contributed by atoms with van der Waals surface area (Å²) in [6.07, 6.45) is 10.8. The van der Waals surface area contributed by atoms with Crippen LogP contribution in [0.4, 0.5) is 0 Å². The summed E-state index contributed by atoms with van der Waals surface area (Å²) in [6, 6.07) is 0.688. The monoisotopic (exact) mass is 211 g/mol. The molecule has 0 aromatic carbocycles. The minimum Gasteiger partial charge on any atom is -0.378 e. The second-order valence-electron chi connectivity index (χ2n) is 5.38. The van der Waals surface area contributed by atoms with E-state index >= 15 is 0 Å². The standard InChI is InChI=1S/C13H25NO/c1-14-12(11-6-3-4-7-11)10-13(15-2)8-5-9-13/h11-12,14H,3-10H2,1-2H3. The van der Waals surface area contributed by atoms with Crippen molar-refractivity contribution in [3.63, 3.8) is 0 Å². The number of rotatable bonds is 5. The number of nitrogens with one attached hydrogen (secondary N) is 1. The lowest BCUT2D eigenvalue weighted by molar-refractivity contribution is -0.0863. The summed E-state index contributed by atoms with van der Waals surface area (Å²) in [6.45, 7) is 0. The molecule has 1 unspecified atom stereocenters. The van der Waals surface area contributed by atoms with Crippen molar-refractivity contribution < 1.29 is 4.74 Å². The van der Waals surface area contributed by atoms with Crippen LogP contribution in [0.25, 0.3) is 0 Å². The number of hydrogen-bond donors (Lipinski definition) is 1. The lowest BCUT2D eigenvalue weighted by Crippen LogP contribution is -2.47. The third-order valence-corrected chi connectivity index (χ3v) is 4.63. The molecule has 0 aromatic heterocycles. The molecule has 0 aromatic rings. The normalized spacial score (nSPS) is 27.6. The molecule has 0 bridgehead atoms. The van der Waals surface area contributed by atoms with Gasteiger partial charge < -0.3 is 10.1 Å². The highest BCUT2D eigenvalue weighted by Crippen LogP contribution is 2.41. The topological polar surface area (TPSA) is 21.3 Å². The zero-order valence-corrected chi connectivity index (χ0v) is 10.2. The summed E-state index contributed by atoms with van der Waals surface area (Å²) in [5, 5.41) is 3.52. The fourth-order valence-corrected chi connectivity index (χ4v) is 3.33. The van der Waals surface area contributed by atoms with Gasteiger partial charge in [-0.05, 0) is 51.5 Å². The highest BCUT2D eigenvalue weighted by molar-refractivity contribution is 4.95. The van der Waals surface area contributed by atoms with Crippen LogP contribution in [-0.4, -0.2) is 25.8 Å². The van der Waals surface area contributed by atoms with Crippen molar-refractivity contribution in [2.24, 2.45) is 5.92 Å². The maximum Gasteiger partial charge on any atom is 0.0693 e. The van der Waals surface area contributed by atoms with Gasteiger partial charge in [0.25, 0.3) is 0 Å². The van der Waals surface area contributed by atoms with Gasteiger partial charge in [0.15, 0.2) is 0 Å². The molecule has 0 radical (unpaired) electrons. The van der Waals surface area contributed by atoms with Crippen molar-refractivity contribution in [2.75, 3.05) is 14.2 Å². The largest absolute Gasteiger partial charge is 0.378 e. The molecule has 0 spiro atoms. The summed E-state index contributed by atoms with van der Waals surface area (Å²) in [4.78, 5) is 0. The zero-order valence-electron chi connectivity index (χ0n) is 10.2. The van der Waals surface area contributed by atoms with E-state index in [1.165, 1.54) is 51.4 Å². The van der Waals surface area contributed by atoms with E-state index in [0.29, 0.717) is 6.04 Å². The van der Waals surface area contributed by atoms with Crippen LogP contribution < -0.4 is 5.32 Å². The van der Waals surface area contributed by atoms with Gasteiger partial charge >= 0.3 is 0 Å². The third-order valence-electron chi connectivity index (χ3n) is 4.63. The average Bonchev–Trinajstić information content (AvgIpc) is 2.71. The summed E-state index contributed by atoms with van der Waals surface area (Å²) in [7, 11) is 4.01. The minimum atomic E-state index is 0.232. The fourth-order valence-electron chi connectivity index (χ4n) is 3.33. The molecule has 0 heterocycles. The maximum atomic E-state index is 5.73. The number of hydrogen-bond acceptors (Lipinski definition) is 2. The van der Waals surface area contributed by atoms with Gasteiger partial charge in [-0.3, -0.25) is 0 Å². The SMILES string of the molecule is CNC(CC1(OC)CCC1)C1CCCC1. The second-order valence-corrected chi connectivity index (χ2v) is 5.38. The van der Waals surface area contributed by atoms with Crippen molar-refractivity contribution in [1.82, 2.24) is 5.32 Å². The molecule has 0 amide bonds. The molecule has 2 heteroatoms. The van der Waals surface area contributed by atoms with Gasteiger partial charge in [-0.15, -0.1) is 0 Å². The Labute approximate surface area is 93.8 Å². The predicted molar refractivity (Wildman–Crippen MR) is 63.0 cm³/mol. The van der Waals surface area contributed by atoms with Crippen LogP contribution in [0, 0.1) is 5.92 Å². The number of ether oxygens (including phenoxy) is 1. The van der Waals surface area contributed by atoms with E-state index in [4.69, 9.17) is 4.74 Å². The Bertz CT molecular complexity index is 189. The van der Waals surface area contributed by atoms with Crippen LogP contribution in [0.15, 0.2) is 0 Å².